The molecule has 2 amide bonds. The van der Waals surface area contributed by atoms with Crippen LogP contribution in [0.25, 0.3) is 0 Å². The van der Waals surface area contributed by atoms with Gasteiger partial charge in [0.15, 0.2) is 0 Å². The molecule has 29 heavy (non-hydrogen) atoms. The number of carbonyl (C=O) groups excluding carboxylic acids is 2. The van der Waals surface area contributed by atoms with Crippen molar-refractivity contribution in [3.05, 3.63) is 74.9 Å². The second kappa shape index (κ2) is 8.66. The number of imidazole rings is 1. The van der Waals surface area contributed by atoms with Crippen LogP contribution < -0.4 is 22.1 Å². The number of aromatic amines is 2. The number of hydrogen-bond acceptors (Lipinski definition) is 4. The van der Waals surface area contributed by atoms with E-state index in [4.69, 9.17) is 17.3 Å². The van der Waals surface area contributed by atoms with Crippen molar-refractivity contribution in [2.24, 2.45) is 0 Å². The minimum atomic E-state index is -0.401. The molecule has 3 aromatic rings. The molecule has 0 aliphatic heterocycles. The molecule has 3 rings (SSSR count). The van der Waals surface area contributed by atoms with Crippen LogP contribution in [0, 0.1) is 6.92 Å². The molecule has 9 heteroatoms. The topological polar surface area (TPSA) is 133 Å². The predicted molar refractivity (Wildman–Crippen MR) is 113 cm³/mol. The Balaban J connectivity index is 1.63. The van der Waals surface area contributed by atoms with E-state index in [-0.39, 0.29) is 23.6 Å². The van der Waals surface area contributed by atoms with E-state index in [2.05, 4.69) is 20.6 Å². The molecule has 1 heterocycles. The summed E-state index contributed by atoms with van der Waals surface area (Å²) in [6, 6.07) is 9.93. The number of benzene rings is 2. The third-order valence-electron chi connectivity index (χ3n) is 4.28. The molecule has 0 spiro atoms. The Labute approximate surface area is 171 Å². The monoisotopic (exact) mass is 413 g/mol. The van der Waals surface area contributed by atoms with Gasteiger partial charge in [0.25, 0.3) is 5.91 Å². The lowest BCUT2D eigenvalue weighted by molar-refractivity contribution is -0.116. The number of aryl methyl sites for hydroxylation is 2. The number of rotatable bonds is 6. The molecule has 0 saturated carbocycles. The molecule has 0 radical (unpaired) electrons. The second-order valence-corrected chi connectivity index (χ2v) is 6.95. The van der Waals surface area contributed by atoms with Gasteiger partial charge in [0.05, 0.1) is 10.6 Å². The van der Waals surface area contributed by atoms with E-state index in [1.165, 1.54) is 12.3 Å². The van der Waals surface area contributed by atoms with Gasteiger partial charge in [0.1, 0.15) is 0 Å². The van der Waals surface area contributed by atoms with Gasteiger partial charge in [0.2, 0.25) is 5.91 Å². The van der Waals surface area contributed by atoms with E-state index in [0.717, 1.165) is 5.56 Å². The number of amides is 2. The van der Waals surface area contributed by atoms with E-state index < -0.39 is 5.91 Å². The maximum Gasteiger partial charge on any atom is 0.323 e. The van der Waals surface area contributed by atoms with Gasteiger partial charge < -0.3 is 26.3 Å². The molecule has 0 aliphatic rings. The molecule has 0 aliphatic carbocycles. The van der Waals surface area contributed by atoms with Gasteiger partial charge in [-0.1, -0.05) is 17.7 Å². The number of nitrogens with one attached hydrogen (secondary N) is 4. The number of H-pyrrole nitrogens is 2. The fourth-order valence-corrected chi connectivity index (χ4v) is 3.02. The lowest BCUT2D eigenvalue weighted by Crippen LogP contribution is -2.15. The molecule has 0 atom stereocenters. The number of carbonyl (C=O) groups is 2. The summed E-state index contributed by atoms with van der Waals surface area (Å²) < 4.78 is 0. The number of halogens is 1. The smallest absolute Gasteiger partial charge is 0.323 e. The Morgan fingerprint density at radius 2 is 1.86 bits per heavy atom. The molecule has 1 aromatic heterocycles. The molecule has 8 nitrogen and oxygen atoms in total. The Morgan fingerprint density at radius 1 is 1.14 bits per heavy atom. The molecule has 6 N–H and O–H groups in total. The van der Waals surface area contributed by atoms with E-state index in [1.54, 1.807) is 30.3 Å². The summed E-state index contributed by atoms with van der Waals surface area (Å²) in [5.41, 5.74) is 8.78. The molecule has 150 valence electrons. The molecular weight excluding hydrogens is 394 g/mol. The summed E-state index contributed by atoms with van der Waals surface area (Å²) in [6.45, 7) is 1.81. The summed E-state index contributed by atoms with van der Waals surface area (Å²) in [5, 5.41) is 5.81. The first-order valence-electron chi connectivity index (χ1n) is 8.85. The van der Waals surface area contributed by atoms with Crippen LogP contribution in [0.1, 0.15) is 28.0 Å². The average Bonchev–Trinajstić information content (AvgIpc) is 3.08. The van der Waals surface area contributed by atoms with Gasteiger partial charge in [-0.3, -0.25) is 9.59 Å². The minimum absolute atomic E-state index is 0.197. The summed E-state index contributed by atoms with van der Waals surface area (Å²) in [6.07, 6.45) is 2.13. The van der Waals surface area contributed by atoms with Crippen molar-refractivity contribution in [2.45, 2.75) is 19.8 Å². The Bertz CT molecular complexity index is 1120. The van der Waals surface area contributed by atoms with E-state index >= 15 is 0 Å². The van der Waals surface area contributed by atoms with Crippen LogP contribution in [0.15, 0.2) is 47.4 Å². The molecule has 0 unspecified atom stereocenters. The van der Waals surface area contributed by atoms with Crippen molar-refractivity contribution in [2.75, 3.05) is 16.4 Å². The number of hydrogen-bond donors (Lipinski definition) is 5. The molecule has 0 saturated heterocycles. The third kappa shape index (κ3) is 5.26. The van der Waals surface area contributed by atoms with Crippen LogP contribution in [0.2, 0.25) is 5.02 Å². The highest BCUT2D eigenvalue weighted by Crippen LogP contribution is 2.24. The summed E-state index contributed by atoms with van der Waals surface area (Å²) in [4.78, 5) is 40.8. The van der Waals surface area contributed by atoms with Gasteiger partial charge >= 0.3 is 5.69 Å². The normalized spacial score (nSPS) is 10.6. The Hall–Kier alpha value is -3.52. The van der Waals surface area contributed by atoms with E-state index in [0.29, 0.717) is 34.2 Å². The summed E-state index contributed by atoms with van der Waals surface area (Å²) in [7, 11) is 0. The molecule has 0 bridgehead atoms. The van der Waals surface area contributed by atoms with Crippen molar-refractivity contribution in [1.82, 2.24) is 9.97 Å². The first-order valence-corrected chi connectivity index (χ1v) is 9.23. The Morgan fingerprint density at radius 3 is 2.55 bits per heavy atom. The van der Waals surface area contributed by atoms with Crippen LogP contribution >= 0.6 is 11.6 Å². The van der Waals surface area contributed by atoms with E-state index in [1.807, 2.05) is 6.92 Å². The lowest BCUT2D eigenvalue weighted by Gasteiger charge is -2.11. The van der Waals surface area contributed by atoms with Crippen LogP contribution in [0.3, 0.4) is 0 Å². The standard InChI is InChI=1S/C20H20ClN5O3/c1-11-7-16(21)15(9-17(11)22)19(28)25-13-4-2-3-12(8-13)24-18(27)6-5-14-10-23-20(29)26-14/h2-4,7-10H,5-6,22H2,1H3,(H,24,27)(H,25,28)(H2,23,26,29). The highest BCUT2D eigenvalue weighted by atomic mass is 35.5. The van der Waals surface area contributed by atoms with Crippen LogP contribution in [0.5, 0.6) is 0 Å². The van der Waals surface area contributed by atoms with E-state index in [9.17, 15) is 14.4 Å². The van der Waals surface area contributed by atoms with Gasteiger partial charge in [-0.15, -0.1) is 0 Å². The largest absolute Gasteiger partial charge is 0.398 e. The zero-order valence-electron chi connectivity index (χ0n) is 15.6. The number of anilines is 3. The second-order valence-electron chi connectivity index (χ2n) is 6.54. The fourth-order valence-electron chi connectivity index (χ4n) is 2.71. The number of nitrogens with two attached hydrogens (primary N) is 1. The zero-order chi connectivity index (χ0) is 21.0. The summed E-state index contributed by atoms with van der Waals surface area (Å²) in [5.74, 6) is -0.619. The maximum absolute atomic E-state index is 12.5. The van der Waals surface area contributed by atoms with Gasteiger partial charge in [0, 0.05) is 35.4 Å². The quantitative estimate of drug-likeness (QED) is 0.397. The van der Waals surface area contributed by atoms with Crippen molar-refractivity contribution < 1.29 is 9.59 Å². The average molecular weight is 414 g/mol. The molecule has 0 fully saturated rings. The fraction of sp³-hybridized carbons (Fsp3) is 0.150. The predicted octanol–water partition coefficient (Wildman–Crippen LogP) is 3.07. The Kier molecular flexibility index (Phi) is 6.04. The first kappa shape index (κ1) is 20.2. The van der Waals surface area contributed by atoms with Crippen LogP contribution in [0.4, 0.5) is 17.1 Å². The van der Waals surface area contributed by atoms with Crippen molar-refractivity contribution in [1.29, 1.82) is 0 Å². The highest BCUT2D eigenvalue weighted by molar-refractivity contribution is 6.34. The van der Waals surface area contributed by atoms with Gasteiger partial charge in [-0.25, -0.2) is 4.79 Å². The zero-order valence-corrected chi connectivity index (χ0v) is 16.4. The SMILES string of the molecule is Cc1cc(Cl)c(C(=O)Nc2cccc(NC(=O)CCc3c[nH]c(=O)[nH]3)c2)cc1N. The van der Waals surface area contributed by atoms with Gasteiger partial charge in [-0.2, -0.15) is 0 Å². The minimum Gasteiger partial charge on any atom is -0.398 e. The van der Waals surface area contributed by atoms with Crippen molar-refractivity contribution in [3.63, 3.8) is 0 Å². The first-order chi connectivity index (χ1) is 13.8. The van der Waals surface area contributed by atoms with Crippen LogP contribution in [-0.2, 0) is 11.2 Å². The van der Waals surface area contributed by atoms with Crippen molar-refractivity contribution >= 4 is 40.5 Å². The lowest BCUT2D eigenvalue weighted by atomic mass is 10.1. The maximum atomic E-state index is 12.5. The molecular formula is C20H20ClN5O3. The van der Waals surface area contributed by atoms with Gasteiger partial charge in [-0.05, 0) is 49.2 Å². The highest BCUT2D eigenvalue weighted by Gasteiger charge is 2.13. The number of aromatic nitrogens is 2. The third-order valence-corrected chi connectivity index (χ3v) is 4.59. The number of nitrogen functional groups attached to an aromatic ring is 1. The molecule has 2 aromatic carbocycles. The van der Waals surface area contributed by atoms with Crippen molar-refractivity contribution in [3.8, 4) is 0 Å². The van der Waals surface area contributed by atoms with Crippen LogP contribution in [-0.4, -0.2) is 21.8 Å². The summed E-state index contributed by atoms with van der Waals surface area (Å²) >= 11 is 6.15.